The van der Waals surface area contributed by atoms with E-state index in [9.17, 15) is 5.11 Å². The minimum atomic E-state index is 0.406. The van der Waals surface area contributed by atoms with E-state index < -0.39 is 0 Å². The summed E-state index contributed by atoms with van der Waals surface area (Å²) in [5.41, 5.74) is 2.43. The lowest BCUT2D eigenvalue weighted by molar-refractivity contribution is 0.474. The van der Waals surface area contributed by atoms with Gasteiger partial charge in [0, 0.05) is 0 Å². The molecule has 0 aliphatic carbocycles. The Labute approximate surface area is 143 Å². The number of hydrogen-bond donors (Lipinski definition) is 1. The van der Waals surface area contributed by atoms with E-state index in [1.165, 1.54) is 76.2 Å². The second-order valence-corrected chi connectivity index (χ2v) is 6.80. The van der Waals surface area contributed by atoms with Crippen LogP contribution in [0.5, 0.6) is 5.75 Å². The van der Waals surface area contributed by atoms with Crippen molar-refractivity contribution in [3.63, 3.8) is 0 Å². The Bertz CT molecular complexity index is 413. The summed E-state index contributed by atoms with van der Waals surface area (Å²) in [6, 6.07) is 5.91. The first kappa shape index (κ1) is 19.8. The van der Waals surface area contributed by atoms with Crippen molar-refractivity contribution in [2.24, 2.45) is 0 Å². The molecule has 0 atom stereocenters. The van der Waals surface area contributed by atoms with Crippen LogP contribution in [-0.2, 0) is 6.42 Å². The zero-order valence-corrected chi connectivity index (χ0v) is 15.3. The van der Waals surface area contributed by atoms with E-state index in [4.69, 9.17) is 0 Å². The summed E-state index contributed by atoms with van der Waals surface area (Å²) in [4.78, 5) is 0. The molecule has 0 aliphatic rings. The Kier molecular flexibility index (Phi) is 11.4. The molecule has 0 unspecified atom stereocenters. The molecule has 23 heavy (non-hydrogen) atoms. The first-order valence-electron chi connectivity index (χ1n) is 9.67. The fraction of sp³-hybridized carbons (Fsp3) is 0.636. The summed E-state index contributed by atoms with van der Waals surface area (Å²) in [5.74, 6) is 0.406. The fourth-order valence-electron chi connectivity index (χ4n) is 3.02. The normalized spacial score (nSPS) is 11.4. The van der Waals surface area contributed by atoms with E-state index in [0.717, 1.165) is 12.0 Å². The van der Waals surface area contributed by atoms with Crippen LogP contribution in [0.15, 0.2) is 30.4 Å². The van der Waals surface area contributed by atoms with Crippen LogP contribution in [0.1, 0.15) is 88.7 Å². The van der Waals surface area contributed by atoms with E-state index >= 15 is 0 Å². The first-order valence-corrected chi connectivity index (χ1v) is 9.67. The summed E-state index contributed by atoms with van der Waals surface area (Å²) in [5, 5.41) is 9.59. The fourth-order valence-corrected chi connectivity index (χ4v) is 3.02. The second-order valence-electron chi connectivity index (χ2n) is 6.80. The van der Waals surface area contributed by atoms with E-state index in [-0.39, 0.29) is 0 Å². The third-order valence-electron chi connectivity index (χ3n) is 4.35. The zero-order valence-electron chi connectivity index (χ0n) is 15.3. The van der Waals surface area contributed by atoms with E-state index in [0.29, 0.717) is 5.75 Å². The number of phenolic OH excluding ortho intramolecular Hbond substituents is 1. The van der Waals surface area contributed by atoms with Gasteiger partial charge >= 0.3 is 0 Å². The second kappa shape index (κ2) is 13.2. The van der Waals surface area contributed by atoms with Crippen LogP contribution in [0.3, 0.4) is 0 Å². The number of phenols is 1. The third-order valence-corrected chi connectivity index (χ3v) is 4.35. The van der Waals surface area contributed by atoms with Crippen LogP contribution in [0.2, 0.25) is 0 Å². The lowest BCUT2D eigenvalue weighted by Crippen LogP contribution is -1.88. The third kappa shape index (κ3) is 11.0. The van der Waals surface area contributed by atoms with Gasteiger partial charge in [-0.15, -0.1) is 0 Å². The molecule has 0 spiro atoms. The van der Waals surface area contributed by atoms with Gasteiger partial charge in [0.2, 0.25) is 0 Å². The highest BCUT2D eigenvalue weighted by molar-refractivity contribution is 5.32. The molecule has 1 heteroatoms. The number of allylic oxidation sites excluding steroid dienone is 2. The number of benzene rings is 1. The molecule has 0 saturated carbocycles. The van der Waals surface area contributed by atoms with Crippen molar-refractivity contribution in [1.82, 2.24) is 0 Å². The monoisotopic (exact) mass is 316 g/mol. The number of unbranched alkanes of at least 4 members (excludes halogenated alkanes) is 9. The number of aryl methyl sites for hydroxylation is 2. The predicted molar refractivity (Wildman–Crippen MR) is 102 cm³/mol. The molecule has 0 amide bonds. The standard InChI is InChI=1S/C22H36O/c1-3-4-5-6-7-8-9-10-11-12-13-14-15-16-21-17-20(2)18-22(23)19-21/h6-7,17-19,23H,3-5,8-16H2,1-2H3/b7-6-. The van der Waals surface area contributed by atoms with Gasteiger partial charge in [0.15, 0.2) is 0 Å². The van der Waals surface area contributed by atoms with Crippen molar-refractivity contribution in [3.05, 3.63) is 41.5 Å². The Morgan fingerprint density at radius 2 is 1.39 bits per heavy atom. The Balaban J connectivity index is 1.91. The molecule has 0 aromatic heterocycles. The summed E-state index contributed by atoms with van der Waals surface area (Å²) in [7, 11) is 0. The van der Waals surface area contributed by atoms with E-state index in [1.807, 2.05) is 19.1 Å². The van der Waals surface area contributed by atoms with Gasteiger partial charge in [-0.25, -0.2) is 0 Å². The lowest BCUT2D eigenvalue weighted by atomic mass is 10.0. The molecule has 0 aliphatic heterocycles. The van der Waals surface area contributed by atoms with Gasteiger partial charge in [-0.1, -0.05) is 70.1 Å². The largest absolute Gasteiger partial charge is 0.508 e. The summed E-state index contributed by atoms with van der Waals surface area (Å²) in [6.07, 6.45) is 20.4. The van der Waals surface area contributed by atoms with Crippen LogP contribution < -0.4 is 0 Å². The van der Waals surface area contributed by atoms with Gasteiger partial charge in [0.1, 0.15) is 5.75 Å². The molecule has 0 radical (unpaired) electrons. The van der Waals surface area contributed by atoms with Gasteiger partial charge in [0.05, 0.1) is 0 Å². The minimum Gasteiger partial charge on any atom is -0.508 e. The van der Waals surface area contributed by atoms with Crippen LogP contribution >= 0.6 is 0 Å². The molecular weight excluding hydrogens is 280 g/mol. The minimum absolute atomic E-state index is 0.406. The number of hydrogen-bond acceptors (Lipinski definition) is 1. The summed E-state index contributed by atoms with van der Waals surface area (Å²) in [6.45, 7) is 4.29. The van der Waals surface area contributed by atoms with Crippen molar-refractivity contribution in [1.29, 1.82) is 0 Å². The van der Waals surface area contributed by atoms with Gasteiger partial charge in [-0.2, -0.15) is 0 Å². The lowest BCUT2D eigenvalue weighted by Gasteiger charge is -2.05. The smallest absolute Gasteiger partial charge is 0.116 e. The summed E-state index contributed by atoms with van der Waals surface area (Å²) < 4.78 is 0. The van der Waals surface area contributed by atoms with Gasteiger partial charge < -0.3 is 5.11 Å². The molecule has 0 saturated heterocycles. The SMILES string of the molecule is CCCC/C=C\CCCCCCCCCc1cc(C)cc(O)c1. The molecule has 1 nitrogen and oxygen atoms in total. The van der Waals surface area contributed by atoms with Gasteiger partial charge in [0.25, 0.3) is 0 Å². The average molecular weight is 317 g/mol. The van der Waals surface area contributed by atoms with Crippen molar-refractivity contribution in [3.8, 4) is 5.75 Å². The highest BCUT2D eigenvalue weighted by atomic mass is 16.3. The molecule has 0 heterocycles. The van der Waals surface area contributed by atoms with Gasteiger partial charge in [-0.05, 0) is 62.3 Å². The molecule has 1 rings (SSSR count). The van der Waals surface area contributed by atoms with E-state index in [1.54, 1.807) is 0 Å². The highest BCUT2D eigenvalue weighted by Gasteiger charge is 1.98. The van der Waals surface area contributed by atoms with Crippen LogP contribution in [0.25, 0.3) is 0 Å². The van der Waals surface area contributed by atoms with Crippen molar-refractivity contribution in [2.75, 3.05) is 0 Å². The van der Waals surface area contributed by atoms with Crippen molar-refractivity contribution < 1.29 is 5.11 Å². The maximum atomic E-state index is 9.59. The molecule has 1 aromatic rings. The maximum Gasteiger partial charge on any atom is 0.116 e. The average Bonchev–Trinajstić information content (AvgIpc) is 2.51. The maximum absolute atomic E-state index is 9.59. The Hall–Kier alpha value is -1.24. The van der Waals surface area contributed by atoms with Gasteiger partial charge in [-0.3, -0.25) is 0 Å². The highest BCUT2D eigenvalue weighted by Crippen LogP contribution is 2.17. The molecule has 1 aromatic carbocycles. The zero-order chi connectivity index (χ0) is 16.8. The number of aromatic hydroxyl groups is 1. The van der Waals surface area contributed by atoms with Crippen LogP contribution in [0.4, 0.5) is 0 Å². The molecule has 130 valence electrons. The molecular formula is C22H36O. The van der Waals surface area contributed by atoms with Crippen LogP contribution in [-0.4, -0.2) is 5.11 Å². The van der Waals surface area contributed by atoms with Crippen LogP contribution in [0, 0.1) is 6.92 Å². The van der Waals surface area contributed by atoms with Crippen molar-refractivity contribution in [2.45, 2.75) is 90.9 Å². The Morgan fingerprint density at radius 3 is 2.04 bits per heavy atom. The first-order chi connectivity index (χ1) is 11.2. The predicted octanol–water partition coefficient (Wildman–Crippen LogP) is 7.11. The van der Waals surface area contributed by atoms with E-state index in [2.05, 4.69) is 25.1 Å². The topological polar surface area (TPSA) is 20.2 Å². The Morgan fingerprint density at radius 1 is 0.783 bits per heavy atom. The molecule has 0 fully saturated rings. The number of rotatable bonds is 13. The van der Waals surface area contributed by atoms with Crippen molar-refractivity contribution >= 4 is 0 Å². The quantitative estimate of drug-likeness (QED) is 0.303. The summed E-state index contributed by atoms with van der Waals surface area (Å²) >= 11 is 0. The molecule has 0 bridgehead atoms. The molecule has 1 N–H and O–H groups in total.